The Morgan fingerprint density at radius 2 is 2.06 bits per heavy atom. The molecule has 4 nitrogen and oxygen atoms in total. The molecule has 4 heteroatoms. The van der Waals surface area contributed by atoms with Crippen LogP contribution in [-0.4, -0.2) is 30.9 Å². The number of amides is 1. The van der Waals surface area contributed by atoms with Crippen molar-refractivity contribution in [2.24, 2.45) is 5.92 Å². The van der Waals surface area contributed by atoms with Gasteiger partial charge in [-0.3, -0.25) is 4.79 Å². The molecule has 16 heavy (non-hydrogen) atoms. The third-order valence-corrected chi connectivity index (χ3v) is 2.93. The average molecular weight is 229 g/mol. The summed E-state index contributed by atoms with van der Waals surface area (Å²) >= 11 is 0. The van der Waals surface area contributed by atoms with Gasteiger partial charge in [0, 0.05) is 12.5 Å². The smallest absolute Gasteiger partial charge is 0.223 e. The molecule has 1 amide bonds. The zero-order chi connectivity index (χ0) is 12.2. The number of carbonyl (C=O) groups excluding carboxylic acids is 1. The van der Waals surface area contributed by atoms with Crippen LogP contribution in [0.15, 0.2) is 0 Å². The van der Waals surface area contributed by atoms with Crippen LogP contribution in [0.3, 0.4) is 0 Å². The second kappa shape index (κ2) is 5.64. The molecule has 94 valence electrons. The number of hydrogen-bond acceptors (Lipinski definition) is 3. The Labute approximate surface area is 97.7 Å². The van der Waals surface area contributed by atoms with E-state index in [-0.39, 0.29) is 17.9 Å². The maximum absolute atomic E-state index is 11.7. The van der Waals surface area contributed by atoms with E-state index in [1.807, 2.05) is 27.7 Å². The van der Waals surface area contributed by atoms with Gasteiger partial charge in [0.1, 0.15) is 6.10 Å². The molecule has 0 aliphatic carbocycles. The molecule has 0 radical (unpaired) electrons. The van der Waals surface area contributed by atoms with E-state index < -0.39 is 5.79 Å². The summed E-state index contributed by atoms with van der Waals surface area (Å²) in [7, 11) is 0. The lowest BCUT2D eigenvalue weighted by molar-refractivity contribution is -0.140. The zero-order valence-corrected chi connectivity index (χ0v) is 10.7. The second-order valence-corrected chi connectivity index (χ2v) is 4.71. The molecule has 1 fully saturated rings. The van der Waals surface area contributed by atoms with Crippen LogP contribution in [0.2, 0.25) is 0 Å². The van der Waals surface area contributed by atoms with Crippen molar-refractivity contribution >= 4 is 5.91 Å². The highest BCUT2D eigenvalue weighted by atomic mass is 16.7. The van der Waals surface area contributed by atoms with Gasteiger partial charge in [0.25, 0.3) is 0 Å². The van der Waals surface area contributed by atoms with Crippen molar-refractivity contribution in [3.63, 3.8) is 0 Å². The monoisotopic (exact) mass is 229 g/mol. The molecule has 0 aromatic heterocycles. The van der Waals surface area contributed by atoms with Gasteiger partial charge in [-0.25, -0.2) is 0 Å². The summed E-state index contributed by atoms with van der Waals surface area (Å²) in [6.07, 6.45) is 1.75. The molecule has 1 atom stereocenters. The molecule has 1 rings (SSSR count). The largest absolute Gasteiger partial charge is 0.353 e. The molecule has 0 aromatic rings. The highest BCUT2D eigenvalue weighted by Crippen LogP contribution is 2.21. The highest BCUT2D eigenvalue weighted by Gasteiger charge is 2.32. The normalized spacial score (nSPS) is 23.7. The SMILES string of the molecule is CCC(CC)C(=O)NCC1COC(C)(C)O1. The average Bonchev–Trinajstić information content (AvgIpc) is 2.57. The molecular weight excluding hydrogens is 206 g/mol. The van der Waals surface area contributed by atoms with Crippen molar-refractivity contribution in [1.82, 2.24) is 5.32 Å². The Bertz CT molecular complexity index is 236. The first kappa shape index (κ1) is 13.5. The number of ether oxygens (including phenoxy) is 2. The van der Waals surface area contributed by atoms with Crippen LogP contribution < -0.4 is 5.32 Å². The lowest BCUT2D eigenvalue weighted by atomic mass is 10.0. The lowest BCUT2D eigenvalue weighted by Crippen LogP contribution is -2.37. The number of nitrogens with one attached hydrogen (secondary N) is 1. The maximum atomic E-state index is 11.7. The first-order valence-electron chi connectivity index (χ1n) is 6.08. The van der Waals surface area contributed by atoms with Crippen LogP contribution >= 0.6 is 0 Å². The molecule has 0 saturated carbocycles. The fraction of sp³-hybridized carbons (Fsp3) is 0.917. The van der Waals surface area contributed by atoms with Crippen LogP contribution in [0, 0.1) is 5.92 Å². The Morgan fingerprint density at radius 1 is 1.44 bits per heavy atom. The maximum Gasteiger partial charge on any atom is 0.223 e. The third kappa shape index (κ3) is 3.76. The Morgan fingerprint density at radius 3 is 2.50 bits per heavy atom. The van der Waals surface area contributed by atoms with Gasteiger partial charge in [-0.15, -0.1) is 0 Å². The van der Waals surface area contributed by atoms with Crippen LogP contribution in [0.4, 0.5) is 0 Å². The minimum Gasteiger partial charge on any atom is -0.353 e. The fourth-order valence-corrected chi connectivity index (χ4v) is 1.88. The molecule has 1 aliphatic heterocycles. The van der Waals surface area contributed by atoms with Crippen molar-refractivity contribution in [3.8, 4) is 0 Å². The Hall–Kier alpha value is -0.610. The van der Waals surface area contributed by atoms with Gasteiger partial charge in [-0.1, -0.05) is 13.8 Å². The van der Waals surface area contributed by atoms with Gasteiger partial charge in [0.2, 0.25) is 5.91 Å². The number of carbonyl (C=O) groups is 1. The lowest BCUT2D eigenvalue weighted by Gasteiger charge is -2.18. The van der Waals surface area contributed by atoms with Gasteiger partial charge in [0.15, 0.2) is 5.79 Å². The molecule has 1 unspecified atom stereocenters. The highest BCUT2D eigenvalue weighted by molar-refractivity contribution is 5.78. The molecule has 1 N–H and O–H groups in total. The van der Waals surface area contributed by atoms with Crippen molar-refractivity contribution in [3.05, 3.63) is 0 Å². The van der Waals surface area contributed by atoms with Crippen molar-refractivity contribution < 1.29 is 14.3 Å². The van der Waals surface area contributed by atoms with Gasteiger partial charge < -0.3 is 14.8 Å². The van der Waals surface area contributed by atoms with Crippen molar-refractivity contribution in [2.45, 2.75) is 52.4 Å². The number of rotatable bonds is 5. The summed E-state index contributed by atoms with van der Waals surface area (Å²) in [6.45, 7) is 8.93. The van der Waals surface area contributed by atoms with E-state index in [1.165, 1.54) is 0 Å². The van der Waals surface area contributed by atoms with E-state index in [0.29, 0.717) is 13.2 Å². The second-order valence-electron chi connectivity index (χ2n) is 4.71. The van der Waals surface area contributed by atoms with E-state index >= 15 is 0 Å². The molecule has 1 saturated heterocycles. The minimum atomic E-state index is -0.510. The first-order chi connectivity index (χ1) is 7.48. The fourth-order valence-electron chi connectivity index (χ4n) is 1.88. The minimum absolute atomic E-state index is 0.0201. The summed E-state index contributed by atoms with van der Waals surface area (Å²) in [5.41, 5.74) is 0. The Kier molecular flexibility index (Phi) is 4.74. The molecule has 0 bridgehead atoms. The summed E-state index contributed by atoms with van der Waals surface area (Å²) in [6, 6.07) is 0. The van der Waals surface area contributed by atoms with E-state index in [9.17, 15) is 4.79 Å². The van der Waals surface area contributed by atoms with Gasteiger partial charge in [0.05, 0.1) is 6.61 Å². The summed E-state index contributed by atoms with van der Waals surface area (Å²) < 4.78 is 11.0. The van der Waals surface area contributed by atoms with E-state index in [4.69, 9.17) is 9.47 Å². The van der Waals surface area contributed by atoms with E-state index in [0.717, 1.165) is 12.8 Å². The van der Waals surface area contributed by atoms with Crippen molar-refractivity contribution in [2.75, 3.05) is 13.2 Å². The Balaban J connectivity index is 2.27. The topological polar surface area (TPSA) is 47.6 Å². The van der Waals surface area contributed by atoms with Gasteiger partial charge >= 0.3 is 0 Å². The summed E-state index contributed by atoms with van der Waals surface area (Å²) in [4.78, 5) is 11.7. The quantitative estimate of drug-likeness (QED) is 0.780. The van der Waals surface area contributed by atoms with Crippen LogP contribution in [0.25, 0.3) is 0 Å². The molecule has 1 heterocycles. The first-order valence-corrected chi connectivity index (χ1v) is 6.08. The van der Waals surface area contributed by atoms with Crippen LogP contribution in [0.5, 0.6) is 0 Å². The summed E-state index contributed by atoms with van der Waals surface area (Å²) in [5, 5.41) is 2.92. The van der Waals surface area contributed by atoms with E-state index in [1.54, 1.807) is 0 Å². The van der Waals surface area contributed by atoms with E-state index in [2.05, 4.69) is 5.32 Å². The molecule has 0 aromatic carbocycles. The van der Waals surface area contributed by atoms with Crippen LogP contribution in [-0.2, 0) is 14.3 Å². The molecular formula is C12H23NO3. The zero-order valence-electron chi connectivity index (χ0n) is 10.7. The predicted molar refractivity (Wildman–Crippen MR) is 62.0 cm³/mol. The molecule has 1 aliphatic rings. The summed E-state index contributed by atoms with van der Waals surface area (Å²) in [5.74, 6) is -0.266. The standard InChI is InChI=1S/C12H23NO3/c1-5-9(6-2)11(14)13-7-10-8-15-12(3,4)16-10/h9-10H,5-8H2,1-4H3,(H,13,14). The molecule has 0 spiro atoms. The van der Waals surface area contributed by atoms with Crippen LogP contribution in [0.1, 0.15) is 40.5 Å². The number of hydrogen-bond donors (Lipinski definition) is 1. The van der Waals surface area contributed by atoms with Gasteiger partial charge in [-0.2, -0.15) is 0 Å². The van der Waals surface area contributed by atoms with Crippen molar-refractivity contribution in [1.29, 1.82) is 0 Å². The predicted octanol–water partition coefficient (Wildman–Crippen LogP) is 1.69. The van der Waals surface area contributed by atoms with Gasteiger partial charge in [-0.05, 0) is 26.7 Å². The third-order valence-electron chi connectivity index (χ3n) is 2.93.